The molecule has 0 bridgehead atoms. The molecule has 7 rings (SSSR count). The van der Waals surface area contributed by atoms with Crippen molar-refractivity contribution in [3.8, 4) is 5.75 Å². The fourth-order valence-corrected chi connectivity index (χ4v) is 8.92. The quantitative estimate of drug-likeness (QED) is 0.211. The molecule has 53 heavy (non-hydrogen) atoms. The van der Waals surface area contributed by atoms with Gasteiger partial charge in [-0.15, -0.1) is 11.3 Å². The summed E-state index contributed by atoms with van der Waals surface area (Å²) in [7, 11) is 3.43. The molecule has 2 aromatic carbocycles. The van der Waals surface area contributed by atoms with Crippen molar-refractivity contribution in [1.29, 1.82) is 0 Å². The summed E-state index contributed by atoms with van der Waals surface area (Å²) in [4.78, 5) is 53.8. The van der Waals surface area contributed by atoms with Gasteiger partial charge in [0, 0.05) is 36.5 Å². The number of anilines is 1. The van der Waals surface area contributed by atoms with Crippen LogP contribution in [0, 0.1) is 17.8 Å². The summed E-state index contributed by atoms with van der Waals surface area (Å²) in [5, 5.41) is 9.62. The molecule has 0 spiro atoms. The first kappa shape index (κ1) is 36.6. The normalized spacial score (nSPS) is 29.0. The van der Waals surface area contributed by atoms with E-state index in [9.17, 15) is 14.4 Å². The summed E-state index contributed by atoms with van der Waals surface area (Å²) in [6.07, 6.45) is 7.25. The van der Waals surface area contributed by atoms with Gasteiger partial charge in [-0.3, -0.25) is 9.59 Å². The lowest BCUT2D eigenvalue weighted by Crippen LogP contribution is -2.50. The number of aromatic nitrogens is 1. The van der Waals surface area contributed by atoms with Crippen LogP contribution >= 0.6 is 11.3 Å². The van der Waals surface area contributed by atoms with E-state index in [0.717, 1.165) is 46.8 Å². The lowest BCUT2D eigenvalue weighted by Gasteiger charge is -2.36. The van der Waals surface area contributed by atoms with Crippen LogP contribution in [0.5, 0.6) is 5.75 Å². The number of esters is 1. The maximum Gasteiger partial charge on any atom is 0.332 e. The van der Waals surface area contributed by atoms with Crippen molar-refractivity contribution in [3.63, 3.8) is 0 Å². The predicted octanol–water partition coefficient (Wildman–Crippen LogP) is 6.40. The number of ether oxygens (including phenoxy) is 3. The Labute approximate surface area is 315 Å². The van der Waals surface area contributed by atoms with Crippen LogP contribution in [0.2, 0.25) is 0 Å². The zero-order valence-corrected chi connectivity index (χ0v) is 31.9. The van der Waals surface area contributed by atoms with Crippen LogP contribution < -0.4 is 15.4 Å². The SMILES string of the molecule is CCOC(=O)C12CC1/C=C\CCCCN(C)C(=O)C1CC(OC3=NC(c4ccccc4)(c4nc(C(C)C)cs4)Nc4cc(OC)ccc43)CC1C(=O)N2. The minimum atomic E-state index is -1.12. The van der Waals surface area contributed by atoms with E-state index >= 15 is 0 Å². The minimum absolute atomic E-state index is 0.0959. The van der Waals surface area contributed by atoms with Crippen LogP contribution in [0.25, 0.3) is 0 Å². The van der Waals surface area contributed by atoms with E-state index in [-0.39, 0.29) is 36.7 Å². The second-order valence-corrected chi connectivity index (χ2v) is 15.7. The summed E-state index contributed by atoms with van der Waals surface area (Å²) in [5.41, 5.74) is 1.10. The number of hydrogen-bond acceptors (Lipinski definition) is 10. The molecule has 0 saturated heterocycles. The summed E-state index contributed by atoms with van der Waals surface area (Å²) in [5.74, 6) is -1.07. The Morgan fingerprint density at radius 2 is 1.87 bits per heavy atom. The smallest absolute Gasteiger partial charge is 0.332 e. The average Bonchev–Trinajstić information content (AvgIpc) is 3.44. The van der Waals surface area contributed by atoms with Crippen LogP contribution in [0.15, 0.2) is 71.1 Å². The largest absolute Gasteiger partial charge is 0.497 e. The van der Waals surface area contributed by atoms with E-state index in [2.05, 4.69) is 35.9 Å². The second-order valence-electron chi connectivity index (χ2n) is 14.9. The van der Waals surface area contributed by atoms with Gasteiger partial charge in [0.25, 0.3) is 0 Å². The van der Waals surface area contributed by atoms with Crippen LogP contribution in [-0.2, 0) is 29.5 Å². The Kier molecular flexibility index (Phi) is 10.3. The van der Waals surface area contributed by atoms with Crippen molar-refractivity contribution in [2.45, 2.75) is 82.5 Å². The van der Waals surface area contributed by atoms with Gasteiger partial charge < -0.3 is 29.7 Å². The number of carbonyl (C=O) groups is 3. The number of thiazole rings is 1. The summed E-state index contributed by atoms with van der Waals surface area (Å²) < 4.78 is 18.0. The molecular formula is C41H49N5O6S. The highest BCUT2D eigenvalue weighted by Crippen LogP contribution is 2.48. The highest BCUT2D eigenvalue weighted by Gasteiger charge is 2.62. The number of allylic oxidation sites excluding steroid dienone is 1. The van der Waals surface area contributed by atoms with Crippen LogP contribution in [-0.4, -0.2) is 72.5 Å². The summed E-state index contributed by atoms with van der Waals surface area (Å²) in [6.45, 7) is 6.80. The third-order valence-corrected chi connectivity index (χ3v) is 11.9. The minimum Gasteiger partial charge on any atom is -0.497 e. The molecule has 280 valence electrons. The zero-order valence-electron chi connectivity index (χ0n) is 31.1. The van der Waals surface area contributed by atoms with Gasteiger partial charge in [-0.05, 0) is 63.5 Å². The number of benzene rings is 2. The topological polar surface area (TPSA) is 131 Å². The van der Waals surface area contributed by atoms with Crippen molar-refractivity contribution in [1.82, 2.24) is 15.2 Å². The summed E-state index contributed by atoms with van der Waals surface area (Å²) >= 11 is 1.54. The first-order valence-corrected chi connectivity index (χ1v) is 19.6. The highest BCUT2D eigenvalue weighted by molar-refractivity contribution is 7.09. The number of nitrogens with zero attached hydrogens (tertiary/aromatic N) is 3. The molecule has 11 nitrogen and oxygen atoms in total. The molecule has 12 heteroatoms. The van der Waals surface area contributed by atoms with E-state index < -0.39 is 35.1 Å². The van der Waals surface area contributed by atoms with E-state index in [1.54, 1.807) is 26.0 Å². The van der Waals surface area contributed by atoms with Gasteiger partial charge in [0.2, 0.25) is 23.4 Å². The van der Waals surface area contributed by atoms with Crippen molar-refractivity contribution >= 4 is 40.7 Å². The third kappa shape index (κ3) is 7.05. The van der Waals surface area contributed by atoms with Gasteiger partial charge in [0.05, 0.1) is 42.5 Å². The molecule has 2 saturated carbocycles. The van der Waals surface area contributed by atoms with Crippen molar-refractivity contribution in [2.75, 3.05) is 32.6 Å². The van der Waals surface area contributed by atoms with Crippen molar-refractivity contribution < 1.29 is 28.6 Å². The third-order valence-electron chi connectivity index (χ3n) is 11.0. The zero-order chi connectivity index (χ0) is 37.3. The molecule has 0 radical (unpaired) electrons. The van der Waals surface area contributed by atoms with Gasteiger partial charge in [-0.1, -0.05) is 56.3 Å². The Bertz CT molecular complexity index is 1910. The van der Waals surface area contributed by atoms with E-state index in [0.29, 0.717) is 31.0 Å². The average molecular weight is 740 g/mol. The van der Waals surface area contributed by atoms with Crippen molar-refractivity contribution in [2.24, 2.45) is 22.7 Å². The number of carbonyl (C=O) groups excluding carboxylic acids is 3. The Morgan fingerprint density at radius 3 is 2.60 bits per heavy atom. The lowest BCUT2D eigenvalue weighted by atomic mass is 9.93. The van der Waals surface area contributed by atoms with Gasteiger partial charge >= 0.3 is 5.97 Å². The fourth-order valence-electron chi connectivity index (χ4n) is 7.82. The molecule has 3 heterocycles. The molecule has 2 amide bonds. The molecule has 6 atom stereocenters. The number of amides is 2. The molecular weight excluding hydrogens is 691 g/mol. The molecule has 1 aromatic heterocycles. The molecule has 4 aliphatic rings. The fraction of sp³-hybridized carbons (Fsp3) is 0.488. The summed E-state index contributed by atoms with van der Waals surface area (Å²) in [6, 6.07) is 15.7. The number of hydrogen-bond donors (Lipinski definition) is 2. The van der Waals surface area contributed by atoms with Crippen molar-refractivity contribution in [3.05, 3.63) is 87.9 Å². The van der Waals surface area contributed by atoms with Gasteiger partial charge in [0.15, 0.2) is 0 Å². The number of rotatable bonds is 7. The van der Waals surface area contributed by atoms with E-state index in [4.69, 9.17) is 24.2 Å². The van der Waals surface area contributed by atoms with Gasteiger partial charge in [-0.2, -0.15) is 0 Å². The standard InChI is InChI=1S/C41H49N5O6S/c1-6-51-39(49)40-23-27(40)16-10-7-8-13-19-46(4)37(48)32-21-29(20-31(32)35(47)44-40)52-36-30-18-17-28(50-5)22-33(30)43-41(45-36,26-14-11-9-12-15-26)38-42-34(24-53-38)25(2)3/h9-12,14-18,22,24-25,27,29,31-32,43H,6-8,13,19-21,23H2,1-5H3,(H,44,47)/b16-10-. The molecule has 2 fully saturated rings. The Hall–Kier alpha value is -4.71. The highest BCUT2D eigenvalue weighted by atomic mass is 32.1. The van der Waals surface area contributed by atoms with E-state index in [1.807, 2.05) is 54.6 Å². The molecule has 2 aliphatic heterocycles. The second kappa shape index (κ2) is 15.0. The Balaban J connectivity index is 1.27. The maximum absolute atomic E-state index is 14.3. The molecule has 3 aromatic rings. The number of nitrogens with one attached hydrogen (secondary N) is 2. The van der Waals surface area contributed by atoms with Crippen LogP contribution in [0.3, 0.4) is 0 Å². The lowest BCUT2D eigenvalue weighted by molar-refractivity contribution is -0.150. The number of aliphatic imine (C=N–C) groups is 1. The van der Waals surface area contributed by atoms with Crippen LogP contribution in [0.1, 0.15) is 87.0 Å². The van der Waals surface area contributed by atoms with Crippen LogP contribution in [0.4, 0.5) is 5.69 Å². The van der Waals surface area contributed by atoms with Gasteiger partial charge in [-0.25, -0.2) is 14.8 Å². The maximum atomic E-state index is 14.3. The monoisotopic (exact) mass is 739 g/mol. The molecule has 2 N–H and O–H groups in total. The first-order valence-electron chi connectivity index (χ1n) is 18.7. The van der Waals surface area contributed by atoms with E-state index in [1.165, 1.54) is 11.3 Å². The number of methoxy groups -OCH3 is 1. The predicted molar refractivity (Wildman–Crippen MR) is 204 cm³/mol. The molecule has 6 unspecified atom stereocenters. The molecule has 2 aliphatic carbocycles. The number of fused-ring (bicyclic) bond motifs is 3. The first-order chi connectivity index (χ1) is 25.6. The Morgan fingerprint density at radius 1 is 1.08 bits per heavy atom. The van der Waals surface area contributed by atoms with Gasteiger partial charge in [0.1, 0.15) is 22.4 Å².